The second-order valence-corrected chi connectivity index (χ2v) is 4.50. The molecule has 1 aromatic rings. The van der Waals surface area contributed by atoms with Gasteiger partial charge in [0, 0.05) is 32.5 Å². The van der Waals surface area contributed by atoms with Crippen molar-refractivity contribution in [1.29, 1.82) is 0 Å². The topological polar surface area (TPSA) is 33.3 Å². The van der Waals surface area contributed by atoms with Crippen LogP contribution in [0.25, 0.3) is 0 Å². The lowest BCUT2D eigenvalue weighted by Crippen LogP contribution is -2.16. The van der Waals surface area contributed by atoms with Gasteiger partial charge in [0.2, 0.25) is 0 Å². The Balaban J connectivity index is 1.74. The molecular formula is C14H22N2O. The molecule has 2 N–H and O–H groups in total. The van der Waals surface area contributed by atoms with E-state index in [2.05, 4.69) is 28.8 Å². The first-order chi connectivity index (χ1) is 8.42. The summed E-state index contributed by atoms with van der Waals surface area (Å²) in [5.74, 6) is 0. The maximum Gasteiger partial charge on any atom is 0.0462 e. The monoisotopic (exact) mass is 234 g/mol. The van der Waals surface area contributed by atoms with Gasteiger partial charge < -0.3 is 15.4 Å². The zero-order valence-electron chi connectivity index (χ0n) is 10.6. The summed E-state index contributed by atoms with van der Waals surface area (Å²) in [5.41, 5.74) is 4.22. The van der Waals surface area contributed by atoms with Gasteiger partial charge in [0.25, 0.3) is 0 Å². The van der Waals surface area contributed by atoms with E-state index < -0.39 is 0 Å². The fraction of sp³-hybridized carbons (Fsp3) is 0.571. The fourth-order valence-electron chi connectivity index (χ4n) is 2.28. The van der Waals surface area contributed by atoms with Crippen molar-refractivity contribution in [2.24, 2.45) is 0 Å². The summed E-state index contributed by atoms with van der Waals surface area (Å²) in [6.07, 6.45) is 3.47. The number of para-hydroxylation sites is 1. The first-order valence-corrected chi connectivity index (χ1v) is 6.46. The van der Waals surface area contributed by atoms with E-state index in [0.29, 0.717) is 0 Å². The molecule has 2 rings (SSSR count). The number of anilines is 1. The third-order valence-electron chi connectivity index (χ3n) is 3.20. The fourth-order valence-corrected chi connectivity index (χ4v) is 2.28. The summed E-state index contributed by atoms with van der Waals surface area (Å²) >= 11 is 0. The van der Waals surface area contributed by atoms with Crippen LogP contribution in [0.1, 0.15) is 24.0 Å². The Morgan fingerprint density at radius 1 is 1.35 bits per heavy atom. The van der Waals surface area contributed by atoms with E-state index in [0.717, 1.165) is 39.1 Å². The van der Waals surface area contributed by atoms with Gasteiger partial charge in [0.05, 0.1) is 0 Å². The van der Waals surface area contributed by atoms with Crippen molar-refractivity contribution < 1.29 is 4.74 Å². The molecule has 0 saturated carbocycles. The van der Waals surface area contributed by atoms with Crippen LogP contribution in [0.4, 0.5) is 5.69 Å². The lowest BCUT2D eigenvalue weighted by molar-refractivity contribution is 0.192. The number of hydrogen-bond donors (Lipinski definition) is 2. The number of methoxy groups -OCH3 is 1. The van der Waals surface area contributed by atoms with Crippen LogP contribution in [0, 0.1) is 0 Å². The number of benzene rings is 1. The number of ether oxygens (including phenoxy) is 1. The van der Waals surface area contributed by atoms with Gasteiger partial charge in [-0.2, -0.15) is 0 Å². The molecule has 94 valence electrons. The minimum absolute atomic E-state index is 0.865. The average molecular weight is 234 g/mol. The molecule has 0 radical (unpaired) electrons. The Kier molecular flexibility index (Phi) is 4.83. The molecule has 0 aliphatic carbocycles. The highest BCUT2D eigenvalue weighted by Crippen LogP contribution is 2.25. The number of hydrogen-bond acceptors (Lipinski definition) is 3. The SMILES string of the molecule is COCCCCNCc1cccc2c1NCC2. The second-order valence-electron chi connectivity index (χ2n) is 4.50. The van der Waals surface area contributed by atoms with Crippen LogP contribution in [0.3, 0.4) is 0 Å². The highest BCUT2D eigenvalue weighted by Gasteiger charge is 2.12. The van der Waals surface area contributed by atoms with Crippen molar-refractivity contribution in [3.8, 4) is 0 Å². The Bertz CT molecular complexity index is 352. The van der Waals surface area contributed by atoms with Gasteiger partial charge in [-0.15, -0.1) is 0 Å². The summed E-state index contributed by atoms with van der Waals surface area (Å²) in [6, 6.07) is 6.59. The largest absolute Gasteiger partial charge is 0.385 e. The number of unbranched alkanes of at least 4 members (excludes halogenated alkanes) is 1. The van der Waals surface area contributed by atoms with Gasteiger partial charge in [-0.05, 0) is 36.9 Å². The highest BCUT2D eigenvalue weighted by atomic mass is 16.5. The first kappa shape index (κ1) is 12.4. The predicted molar refractivity (Wildman–Crippen MR) is 71.5 cm³/mol. The number of fused-ring (bicyclic) bond motifs is 1. The standard InChI is InChI=1S/C14H22N2O/c1-17-10-3-2-8-15-11-13-6-4-5-12-7-9-16-14(12)13/h4-6,15-16H,2-3,7-11H2,1H3. The molecule has 0 spiro atoms. The molecule has 0 amide bonds. The van der Waals surface area contributed by atoms with Gasteiger partial charge >= 0.3 is 0 Å². The second kappa shape index (κ2) is 6.62. The Morgan fingerprint density at radius 3 is 3.18 bits per heavy atom. The molecule has 1 aliphatic rings. The van der Waals surface area contributed by atoms with Crippen LogP contribution in [0.5, 0.6) is 0 Å². The van der Waals surface area contributed by atoms with Gasteiger partial charge in [-0.3, -0.25) is 0 Å². The molecule has 0 bridgehead atoms. The molecule has 1 aliphatic heterocycles. The normalized spacial score (nSPS) is 13.5. The first-order valence-electron chi connectivity index (χ1n) is 6.46. The van der Waals surface area contributed by atoms with Crippen molar-refractivity contribution in [3.63, 3.8) is 0 Å². The van der Waals surface area contributed by atoms with Crippen LogP contribution < -0.4 is 10.6 Å². The molecule has 1 aromatic carbocycles. The van der Waals surface area contributed by atoms with Gasteiger partial charge in [-0.25, -0.2) is 0 Å². The third-order valence-corrected chi connectivity index (χ3v) is 3.20. The summed E-state index contributed by atoms with van der Waals surface area (Å²) in [4.78, 5) is 0. The van der Waals surface area contributed by atoms with E-state index in [4.69, 9.17) is 4.74 Å². The molecule has 3 heteroatoms. The van der Waals surface area contributed by atoms with E-state index in [1.165, 1.54) is 23.2 Å². The van der Waals surface area contributed by atoms with Crippen molar-refractivity contribution in [2.75, 3.05) is 32.1 Å². The van der Waals surface area contributed by atoms with Crippen LogP contribution in [-0.2, 0) is 17.7 Å². The van der Waals surface area contributed by atoms with Crippen molar-refractivity contribution in [3.05, 3.63) is 29.3 Å². The molecule has 17 heavy (non-hydrogen) atoms. The molecule has 0 atom stereocenters. The van der Waals surface area contributed by atoms with E-state index in [-0.39, 0.29) is 0 Å². The molecule has 0 fully saturated rings. The summed E-state index contributed by atoms with van der Waals surface area (Å²) < 4.78 is 5.03. The van der Waals surface area contributed by atoms with E-state index in [9.17, 15) is 0 Å². The molecule has 3 nitrogen and oxygen atoms in total. The van der Waals surface area contributed by atoms with E-state index >= 15 is 0 Å². The van der Waals surface area contributed by atoms with Crippen LogP contribution >= 0.6 is 0 Å². The summed E-state index contributed by atoms with van der Waals surface area (Å²) in [6.45, 7) is 3.97. The summed E-state index contributed by atoms with van der Waals surface area (Å²) in [7, 11) is 1.76. The minimum Gasteiger partial charge on any atom is -0.385 e. The minimum atomic E-state index is 0.865. The predicted octanol–water partition coefficient (Wildman–Crippen LogP) is 2.17. The zero-order valence-corrected chi connectivity index (χ0v) is 10.6. The van der Waals surface area contributed by atoms with Crippen molar-refractivity contribution >= 4 is 5.69 Å². The van der Waals surface area contributed by atoms with Gasteiger partial charge in [0.15, 0.2) is 0 Å². The average Bonchev–Trinajstić information content (AvgIpc) is 2.82. The van der Waals surface area contributed by atoms with Crippen molar-refractivity contribution in [2.45, 2.75) is 25.8 Å². The van der Waals surface area contributed by atoms with E-state index in [1.807, 2.05) is 0 Å². The van der Waals surface area contributed by atoms with Crippen molar-refractivity contribution in [1.82, 2.24) is 5.32 Å². The molecule has 0 saturated heterocycles. The quantitative estimate of drug-likeness (QED) is 0.709. The Labute approximate surface area is 104 Å². The lowest BCUT2D eigenvalue weighted by Gasteiger charge is -2.10. The zero-order chi connectivity index (χ0) is 11.9. The molecule has 1 heterocycles. The van der Waals surface area contributed by atoms with Gasteiger partial charge in [0.1, 0.15) is 0 Å². The molecule has 0 unspecified atom stereocenters. The van der Waals surface area contributed by atoms with E-state index in [1.54, 1.807) is 7.11 Å². The smallest absolute Gasteiger partial charge is 0.0462 e. The number of rotatable bonds is 7. The Morgan fingerprint density at radius 2 is 2.29 bits per heavy atom. The maximum absolute atomic E-state index is 5.03. The molecule has 0 aromatic heterocycles. The Hall–Kier alpha value is -1.06. The number of nitrogens with one attached hydrogen (secondary N) is 2. The lowest BCUT2D eigenvalue weighted by atomic mass is 10.1. The van der Waals surface area contributed by atoms with Crippen LogP contribution in [0.2, 0.25) is 0 Å². The maximum atomic E-state index is 5.03. The van der Waals surface area contributed by atoms with Gasteiger partial charge in [-0.1, -0.05) is 18.2 Å². The molecular weight excluding hydrogens is 212 g/mol. The highest BCUT2D eigenvalue weighted by molar-refractivity contribution is 5.61. The third kappa shape index (κ3) is 3.45. The summed E-state index contributed by atoms with van der Waals surface area (Å²) in [5, 5.41) is 6.96. The van der Waals surface area contributed by atoms with Crippen LogP contribution in [-0.4, -0.2) is 26.8 Å². The van der Waals surface area contributed by atoms with Crippen LogP contribution in [0.15, 0.2) is 18.2 Å².